The fourth-order valence-electron chi connectivity index (χ4n) is 1.77. The van der Waals surface area contributed by atoms with Crippen LogP contribution in [0, 0.1) is 0 Å². The van der Waals surface area contributed by atoms with E-state index in [9.17, 15) is 0 Å². The van der Waals surface area contributed by atoms with E-state index in [1.54, 1.807) is 46.6 Å². The summed E-state index contributed by atoms with van der Waals surface area (Å²) in [6.07, 6.45) is 1.42. The number of rotatable bonds is 6. The SMILES string of the molecule is CNc1cc(Oc2cc(OC)c(OC)c(OC)c2)ncn1. The molecular weight excluding hydrogens is 274 g/mol. The maximum absolute atomic E-state index is 5.70. The van der Waals surface area contributed by atoms with Gasteiger partial charge in [0.05, 0.1) is 21.3 Å². The van der Waals surface area contributed by atoms with Crippen LogP contribution in [0.2, 0.25) is 0 Å². The molecule has 0 saturated carbocycles. The molecule has 0 radical (unpaired) electrons. The molecule has 1 heterocycles. The van der Waals surface area contributed by atoms with E-state index >= 15 is 0 Å². The quantitative estimate of drug-likeness (QED) is 0.875. The highest BCUT2D eigenvalue weighted by Crippen LogP contribution is 2.41. The summed E-state index contributed by atoms with van der Waals surface area (Å²) in [6, 6.07) is 5.08. The summed E-state index contributed by atoms with van der Waals surface area (Å²) in [7, 11) is 6.41. The predicted molar refractivity (Wildman–Crippen MR) is 77.8 cm³/mol. The maximum atomic E-state index is 5.70. The second-order valence-corrected chi connectivity index (χ2v) is 3.95. The first kappa shape index (κ1) is 14.7. The molecule has 7 nitrogen and oxygen atoms in total. The lowest BCUT2D eigenvalue weighted by atomic mass is 10.2. The molecule has 2 rings (SSSR count). The molecule has 0 aliphatic heterocycles. The Labute approximate surface area is 122 Å². The van der Waals surface area contributed by atoms with Gasteiger partial charge in [-0.1, -0.05) is 0 Å². The molecule has 7 heteroatoms. The van der Waals surface area contributed by atoms with Crippen LogP contribution in [-0.2, 0) is 0 Å². The van der Waals surface area contributed by atoms with Gasteiger partial charge in [0, 0.05) is 25.2 Å². The van der Waals surface area contributed by atoms with Gasteiger partial charge in [-0.2, -0.15) is 0 Å². The first-order valence-electron chi connectivity index (χ1n) is 6.19. The number of ether oxygens (including phenoxy) is 4. The summed E-state index contributed by atoms with van der Waals surface area (Å²) in [5.41, 5.74) is 0. The van der Waals surface area contributed by atoms with Crippen LogP contribution < -0.4 is 24.3 Å². The van der Waals surface area contributed by atoms with Crippen LogP contribution in [0.15, 0.2) is 24.5 Å². The first-order chi connectivity index (χ1) is 10.2. The molecule has 21 heavy (non-hydrogen) atoms. The van der Waals surface area contributed by atoms with E-state index in [1.165, 1.54) is 6.33 Å². The molecule has 1 aromatic heterocycles. The third kappa shape index (κ3) is 3.25. The first-order valence-corrected chi connectivity index (χ1v) is 6.19. The number of nitrogens with zero attached hydrogens (tertiary/aromatic N) is 2. The minimum absolute atomic E-state index is 0.406. The number of aromatic nitrogens is 2. The Morgan fingerprint density at radius 3 is 2.10 bits per heavy atom. The number of anilines is 1. The fourth-order valence-corrected chi connectivity index (χ4v) is 1.77. The molecule has 0 spiro atoms. The molecule has 0 unspecified atom stereocenters. The second-order valence-electron chi connectivity index (χ2n) is 3.95. The van der Waals surface area contributed by atoms with Gasteiger partial charge in [-0.25, -0.2) is 9.97 Å². The van der Waals surface area contributed by atoms with Gasteiger partial charge in [-0.15, -0.1) is 0 Å². The number of methoxy groups -OCH3 is 3. The Morgan fingerprint density at radius 2 is 1.57 bits per heavy atom. The number of nitrogens with one attached hydrogen (secondary N) is 1. The van der Waals surface area contributed by atoms with Crippen molar-refractivity contribution in [2.75, 3.05) is 33.7 Å². The standard InChI is InChI=1S/C14H17N3O4/c1-15-12-7-13(17-8-16-12)21-9-5-10(18-2)14(20-4)11(6-9)19-3/h5-8H,1-4H3,(H,15,16,17). The maximum Gasteiger partial charge on any atom is 0.224 e. The van der Waals surface area contributed by atoms with Gasteiger partial charge < -0.3 is 24.3 Å². The highest BCUT2D eigenvalue weighted by atomic mass is 16.5. The predicted octanol–water partition coefficient (Wildman–Crippen LogP) is 2.34. The van der Waals surface area contributed by atoms with Gasteiger partial charge in [0.1, 0.15) is 17.9 Å². The van der Waals surface area contributed by atoms with Crippen molar-refractivity contribution in [2.24, 2.45) is 0 Å². The van der Waals surface area contributed by atoms with Crippen LogP contribution in [0.1, 0.15) is 0 Å². The molecule has 0 atom stereocenters. The Morgan fingerprint density at radius 1 is 0.905 bits per heavy atom. The summed E-state index contributed by atoms with van der Waals surface area (Å²) >= 11 is 0. The molecule has 2 aromatic rings. The zero-order chi connectivity index (χ0) is 15.2. The minimum atomic E-state index is 0.406. The van der Waals surface area contributed by atoms with E-state index in [4.69, 9.17) is 18.9 Å². The van der Waals surface area contributed by atoms with E-state index < -0.39 is 0 Å². The lowest BCUT2D eigenvalue weighted by Gasteiger charge is -2.14. The topological polar surface area (TPSA) is 74.7 Å². The van der Waals surface area contributed by atoms with E-state index in [0.29, 0.717) is 34.7 Å². The summed E-state index contributed by atoms with van der Waals surface area (Å²) in [6.45, 7) is 0. The van der Waals surface area contributed by atoms with Crippen molar-refractivity contribution in [2.45, 2.75) is 0 Å². The number of hydrogen-bond donors (Lipinski definition) is 1. The van der Waals surface area contributed by atoms with Crippen LogP contribution in [0.25, 0.3) is 0 Å². The van der Waals surface area contributed by atoms with Gasteiger partial charge >= 0.3 is 0 Å². The van der Waals surface area contributed by atoms with Crippen LogP contribution in [-0.4, -0.2) is 38.3 Å². The molecule has 0 aliphatic rings. The molecule has 0 aliphatic carbocycles. The van der Waals surface area contributed by atoms with Crippen LogP contribution in [0.4, 0.5) is 5.82 Å². The highest BCUT2D eigenvalue weighted by Gasteiger charge is 2.14. The Hall–Kier alpha value is -2.70. The number of benzene rings is 1. The normalized spacial score (nSPS) is 9.90. The Bertz CT molecular complexity index is 594. The van der Waals surface area contributed by atoms with Crippen molar-refractivity contribution in [3.63, 3.8) is 0 Å². The van der Waals surface area contributed by atoms with Crippen LogP contribution >= 0.6 is 0 Å². The molecule has 1 aromatic carbocycles. The van der Waals surface area contributed by atoms with Crippen molar-refractivity contribution >= 4 is 5.82 Å². The van der Waals surface area contributed by atoms with E-state index in [-0.39, 0.29) is 0 Å². The lowest BCUT2D eigenvalue weighted by Crippen LogP contribution is -1.97. The summed E-state index contributed by atoms with van der Waals surface area (Å²) < 4.78 is 21.5. The molecule has 0 fully saturated rings. The average molecular weight is 291 g/mol. The van der Waals surface area contributed by atoms with Crippen molar-refractivity contribution < 1.29 is 18.9 Å². The second kappa shape index (κ2) is 6.65. The van der Waals surface area contributed by atoms with Gasteiger partial charge in [0.25, 0.3) is 0 Å². The van der Waals surface area contributed by atoms with Gasteiger partial charge in [-0.3, -0.25) is 0 Å². The third-order valence-electron chi connectivity index (χ3n) is 2.76. The van der Waals surface area contributed by atoms with E-state index in [0.717, 1.165) is 0 Å². The highest BCUT2D eigenvalue weighted by molar-refractivity contribution is 5.56. The number of hydrogen-bond acceptors (Lipinski definition) is 7. The summed E-state index contributed by atoms with van der Waals surface area (Å²) in [4.78, 5) is 8.07. The van der Waals surface area contributed by atoms with Gasteiger partial charge in [0.15, 0.2) is 11.5 Å². The average Bonchev–Trinajstić information content (AvgIpc) is 2.53. The lowest BCUT2D eigenvalue weighted by molar-refractivity contribution is 0.320. The van der Waals surface area contributed by atoms with E-state index in [2.05, 4.69) is 15.3 Å². The minimum Gasteiger partial charge on any atom is -0.493 e. The summed E-state index contributed by atoms with van der Waals surface area (Å²) in [5, 5.41) is 2.92. The molecule has 0 bridgehead atoms. The van der Waals surface area contributed by atoms with Crippen molar-refractivity contribution in [1.82, 2.24) is 9.97 Å². The van der Waals surface area contributed by atoms with Crippen molar-refractivity contribution in [1.29, 1.82) is 0 Å². The third-order valence-corrected chi connectivity index (χ3v) is 2.76. The van der Waals surface area contributed by atoms with E-state index in [1.807, 2.05) is 0 Å². The molecule has 1 N–H and O–H groups in total. The molecule has 0 saturated heterocycles. The Balaban J connectivity index is 2.35. The zero-order valence-electron chi connectivity index (χ0n) is 12.3. The molecule has 112 valence electrons. The Kier molecular flexibility index (Phi) is 4.65. The smallest absolute Gasteiger partial charge is 0.224 e. The zero-order valence-corrected chi connectivity index (χ0v) is 12.3. The van der Waals surface area contributed by atoms with Crippen molar-refractivity contribution in [3.8, 4) is 28.9 Å². The summed E-state index contributed by atoms with van der Waals surface area (Å²) in [5.74, 6) is 3.11. The van der Waals surface area contributed by atoms with Gasteiger partial charge in [-0.05, 0) is 0 Å². The fraction of sp³-hybridized carbons (Fsp3) is 0.286. The molecular formula is C14H17N3O4. The van der Waals surface area contributed by atoms with Gasteiger partial charge in [0.2, 0.25) is 11.6 Å². The van der Waals surface area contributed by atoms with Crippen LogP contribution in [0.5, 0.6) is 28.9 Å². The molecule has 0 amide bonds. The van der Waals surface area contributed by atoms with Crippen molar-refractivity contribution in [3.05, 3.63) is 24.5 Å². The van der Waals surface area contributed by atoms with Crippen LogP contribution in [0.3, 0.4) is 0 Å². The monoisotopic (exact) mass is 291 g/mol. The largest absolute Gasteiger partial charge is 0.493 e.